The number of hydrogen-bond acceptors (Lipinski definition) is 3. The molecule has 0 bridgehead atoms. The summed E-state index contributed by atoms with van der Waals surface area (Å²) in [7, 11) is 0. The molecule has 0 amide bonds. The Morgan fingerprint density at radius 3 is 3.06 bits per heavy atom. The van der Waals surface area contributed by atoms with Gasteiger partial charge in [-0.05, 0) is 50.3 Å². The van der Waals surface area contributed by atoms with Crippen molar-refractivity contribution in [3.05, 3.63) is 28.5 Å². The van der Waals surface area contributed by atoms with E-state index in [1.807, 2.05) is 6.07 Å². The molecule has 1 heterocycles. The molecule has 94 valence electrons. The fraction of sp³-hybridized carbons (Fsp3) is 0.615. The highest BCUT2D eigenvalue weighted by Gasteiger charge is 2.26. The van der Waals surface area contributed by atoms with Crippen LogP contribution in [0.4, 0.5) is 0 Å². The van der Waals surface area contributed by atoms with E-state index in [1.165, 1.54) is 12.0 Å². The number of pyridine rings is 1. The van der Waals surface area contributed by atoms with Gasteiger partial charge in [-0.2, -0.15) is 0 Å². The lowest BCUT2D eigenvalue weighted by Crippen LogP contribution is -2.32. The number of nitrogens with two attached hydrogens (primary N) is 2. The Balaban J connectivity index is 2.18. The lowest BCUT2D eigenvalue weighted by atomic mass is 9.81. The second kappa shape index (κ2) is 5.80. The maximum absolute atomic E-state index is 6.26. The third kappa shape index (κ3) is 2.97. The molecule has 1 aromatic rings. The Labute approximate surface area is 108 Å². The van der Waals surface area contributed by atoms with Crippen LogP contribution in [0.5, 0.6) is 0 Å². The van der Waals surface area contributed by atoms with Gasteiger partial charge in [0.25, 0.3) is 0 Å². The van der Waals surface area contributed by atoms with Crippen molar-refractivity contribution in [2.75, 3.05) is 6.54 Å². The molecule has 2 atom stereocenters. The third-order valence-corrected chi connectivity index (χ3v) is 3.76. The first-order chi connectivity index (χ1) is 8.22. The minimum absolute atomic E-state index is 0.156. The SMILES string of the molecule is NCCCC(N)C1CCCc2ccc(Cl)nc21. The molecule has 0 saturated heterocycles. The van der Waals surface area contributed by atoms with Gasteiger partial charge in [-0.1, -0.05) is 17.7 Å². The van der Waals surface area contributed by atoms with Crippen LogP contribution in [0.15, 0.2) is 12.1 Å². The molecule has 0 radical (unpaired) electrons. The fourth-order valence-corrected chi connectivity index (χ4v) is 2.79. The topological polar surface area (TPSA) is 64.9 Å². The maximum Gasteiger partial charge on any atom is 0.129 e. The quantitative estimate of drug-likeness (QED) is 0.809. The standard InChI is InChI=1S/C13H20ClN3/c14-12-7-6-9-3-1-4-10(13(9)17-12)11(16)5-2-8-15/h6-7,10-11H,1-5,8,15-16H2. The van der Waals surface area contributed by atoms with Crippen LogP contribution in [0.25, 0.3) is 0 Å². The van der Waals surface area contributed by atoms with Gasteiger partial charge in [-0.15, -0.1) is 0 Å². The van der Waals surface area contributed by atoms with E-state index in [-0.39, 0.29) is 6.04 Å². The highest BCUT2D eigenvalue weighted by Crippen LogP contribution is 2.33. The first-order valence-corrected chi connectivity index (χ1v) is 6.71. The fourth-order valence-electron chi connectivity index (χ4n) is 2.63. The van der Waals surface area contributed by atoms with Crippen LogP contribution in [-0.2, 0) is 6.42 Å². The van der Waals surface area contributed by atoms with Gasteiger partial charge in [-0.25, -0.2) is 4.98 Å². The minimum Gasteiger partial charge on any atom is -0.330 e. The lowest BCUT2D eigenvalue weighted by Gasteiger charge is -2.29. The molecule has 0 fully saturated rings. The van der Waals surface area contributed by atoms with Gasteiger partial charge in [0.15, 0.2) is 0 Å². The van der Waals surface area contributed by atoms with E-state index in [0.29, 0.717) is 17.6 Å². The van der Waals surface area contributed by atoms with Crippen LogP contribution in [0.3, 0.4) is 0 Å². The van der Waals surface area contributed by atoms with Gasteiger partial charge in [0, 0.05) is 17.7 Å². The largest absolute Gasteiger partial charge is 0.330 e. The van der Waals surface area contributed by atoms with Crippen molar-refractivity contribution in [1.82, 2.24) is 4.98 Å². The number of hydrogen-bond donors (Lipinski definition) is 2. The van der Waals surface area contributed by atoms with Crippen LogP contribution in [0, 0.1) is 0 Å². The monoisotopic (exact) mass is 253 g/mol. The number of rotatable bonds is 4. The average molecular weight is 254 g/mol. The molecule has 0 aromatic carbocycles. The smallest absolute Gasteiger partial charge is 0.129 e. The summed E-state index contributed by atoms with van der Waals surface area (Å²) < 4.78 is 0. The summed E-state index contributed by atoms with van der Waals surface area (Å²) in [6.07, 6.45) is 5.35. The predicted molar refractivity (Wildman–Crippen MR) is 71.2 cm³/mol. The Hall–Kier alpha value is -0.640. The van der Waals surface area contributed by atoms with Crippen molar-refractivity contribution in [3.63, 3.8) is 0 Å². The van der Waals surface area contributed by atoms with E-state index in [4.69, 9.17) is 23.1 Å². The van der Waals surface area contributed by atoms with Gasteiger partial charge in [0.2, 0.25) is 0 Å². The molecule has 2 rings (SSSR count). The second-order valence-electron chi connectivity index (χ2n) is 4.77. The van der Waals surface area contributed by atoms with Crippen LogP contribution in [0.2, 0.25) is 5.15 Å². The molecule has 4 heteroatoms. The van der Waals surface area contributed by atoms with Crippen molar-refractivity contribution in [1.29, 1.82) is 0 Å². The summed E-state index contributed by atoms with van der Waals surface area (Å²) in [6.45, 7) is 0.705. The van der Waals surface area contributed by atoms with Crippen LogP contribution >= 0.6 is 11.6 Å². The maximum atomic E-state index is 6.26. The number of fused-ring (bicyclic) bond motifs is 1. The molecular formula is C13H20ClN3. The van der Waals surface area contributed by atoms with Crippen LogP contribution < -0.4 is 11.5 Å². The number of aryl methyl sites for hydroxylation is 1. The van der Waals surface area contributed by atoms with Gasteiger partial charge in [0.1, 0.15) is 5.15 Å². The molecule has 17 heavy (non-hydrogen) atoms. The zero-order valence-electron chi connectivity index (χ0n) is 10.0. The van der Waals surface area contributed by atoms with Gasteiger partial charge < -0.3 is 11.5 Å². The van der Waals surface area contributed by atoms with Crippen molar-refractivity contribution >= 4 is 11.6 Å². The minimum atomic E-state index is 0.156. The summed E-state index contributed by atoms with van der Waals surface area (Å²) in [6, 6.07) is 4.12. The molecule has 0 saturated carbocycles. The molecule has 1 aliphatic carbocycles. The van der Waals surface area contributed by atoms with E-state index >= 15 is 0 Å². The molecular weight excluding hydrogens is 234 g/mol. The summed E-state index contributed by atoms with van der Waals surface area (Å²) in [5.74, 6) is 0.351. The summed E-state index contributed by atoms with van der Waals surface area (Å²) in [5, 5.41) is 0.571. The first kappa shape index (κ1) is 12.8. The number of aromatic nitrogens is 1. The van der Waals surface area contributed by atoms with Crippen molar-refractivity contribution in [3.8, 4) is 0 Å². The Bertz CT molecular complexity index is 381. The number of halogens is 1. The number of nitrogens with zero attached hydrogens (tertiary/aromatic N) is 1. The molecule has 0 spiro atoms. The molecule has 0 aliphatic heterocycles. The summed E-state index contributed by atoms with van der Waals surface area (Å²) in [5.41, 5.74) is 14.2. The summed E-state index contributed by atoms with van der Waals surface area (Å²) in [4.78, 5) is 4.48. The van der Waals surface area contributed by atoms with Crippen LogP contribution in [-0.4, -0.2) is 17.6 Å². The summed E-state index contributed by atoms with van der Waals surface area (Å²) >= 11 is 5.98. The van der Waals surface area contributed by atoms with Gasteiger partial charge in [0.05, 0.1) is 0 Å². The van der Waals surface area contributed by atoms with Crippen molar-refractivity contribution in [2.24, 2.45) is 11.5 Å². The highest BCUT2D eigenvalue weighted by atomic mass is 35.5. The normalized spacial score (nSPS) is 21.0. The van der Waals surface area contributed by atoms with E-state index in [9.17, 15) is 0 Å². The van der Waals surface area contributed by atoms with E-state index < -0.39 is 0 Å². The molecule has 1 aliphatic rings. The average Bonchev–Trinajstić information content (AvgIpc) is 2.35. The van der Waals surface area contributed by atoms with Gasteiger partial charge in [-0.3, -0.25) is 0 Å². The predicted octanol–water partition coefficient (Wildman–Crippen LogP) is 2.22. The van der Waals surface area contributed by atoms with E-state index in [0.717, 1.165) is 31.4 Å². The zero-order valence-corrected chi connectivity index (χ0v) is 10.8. The van der Waals surface area contributed by atoms with E-state index in [2.05, 4.69) is 11.1 Å². The van der Waals surface area contributed by atoms with Crippen LogP contribution in [0.1, 0.15) is 42.9 Å². The third-order valence-electron chi connectivity index (χ3n) is 3.55. The molecule has 4 N–H and O–H groups in total. The molecule has 2 unspecified atom stereocenters. The Kier molecular flexibility index (Phi) is 4.37. The van der Waals surface area contributed by atoms with E-state index in [1.54, 1.807) is 0 Å². The zero-order chi connectivity index (χ0) is 12.3. The second-order valence-corrected chi connectivity index (χ2v) is 5.16. The lowest BCUT2D eigenvalue weighted by molar-refractivity contribution is 0.426. The Morgan fingerprint density at radius 2 is 2.29 bits per heavy atom. The molecule has 3 nitrogen and oxygen atoms in total. The molecule has 1 aromatic heterocycles. The highest BCUT2D eigenvalue weighted by molar-refractivity contribution is 6.29. The van der Waals surface area contributed by atoms with Gasteiger partial charge >= 0.3 is 0 Å². The first-order valence-electron chi connectivity index (χ1n) is 6.33. The van der Waals surface area contributed by atoms with Crippen molar-refractivity contribution in [2.45, 2.75) is 44.1 Å². The van der Waals surface area contributed by atoms with Crippen molar-refractivity contribution < 1.29 is 0 Å². The Morgan fingerprint density at radius 1 is 1.47 bits per heavy atom.